The van der Waals surface area contributed by atoms with E-state index < -0.39 is 0 Å². The lowest BCUT2D eigenvalue weighted by Crippen LogP contribution is -2.53. The molecule has 1 atom stereocenters. The van der Waals surface area contributed by atoms with E-state index in [2.05, 4.69) is 29.6 Å². The highest BCUT2D eigenvalue weighted by Crippen LogP contribution is 2.46. The molecule has 2 saturated heterocycles. The first kappa shape index (κ1) is 11.7. The van der Waals surface area contributed by atoms with Crippen molar-refractivity contribution in [2.24, 2.45) is 0 Å². The minimum Gasteiger partial charge on any atom is -0.339 e. The second-order valence-corrected chi connectivity index (χ2v) is 5.47. The van der Waals surface area contributed by atoms with Crippen LogP contribution < -0.4 is 5.32 Å². The van der Waals surface area contributed by atoms with Crippen LogP contribution in [0.25, 0.3) is 0 Å². The summed E-state index contributed by atoms with van der Waals surface area (Å²) in [5.41, 5.74) is 1.36. The number of rotatable bonds is 1. The van der Waals surface area contributed by atoms with Gasteiger partial charge in [-0.05, 0) is 31.5 Å². The molecule has 0 aromatic heterocycles. The van der Waals surface area contributed by atoms with Gasteiger partial charge in [-0.2, -0.15) is 0 Å². The molecule has 2 aliphatic heterocycles. The van der Waals surface area contributed by atoms with Crippen LogP contribution in [0.4, 0.5) is 0 Å². The molecule has 0 saturated carbocycles. The number of carbonyl (C=O) groups is 1. The highest BCUT2D eigenvalue weighted by atomic mass is 16.2. The fraction of sp³-hybridized carbons (Fsp3) is 0.533. The molecule has 0 bridgehead atoms. The van der Waals surface area contributed by atoms with Crippen molar-refractivity contribution in [3.63, 3.8) is 0 Å². The van der Waals surface area contributed by atoms with Gasteiger partial charge in [-0.15, -0.1) is 0 Å². The van der Waals surface area contributed by atoms with Gasteiger partial charge in [-0.1, -0.05) is 30.3 Å². The van der Waals surface area contributed by atoms with Crippen molar-refractivity contribution < 1.29 is 4.79 Å². The first-order valence-electron chi connectivity index (χ1n) is 6.76. The summed E-state index contributed by atoms with van der Waals surface area (Å²) in [4.78, 5) is 14.2. The van der Waals surface area contributed by atoms with Crippen LogP contribution in [0, 0.1) is 0 Å². The van der Waals surface area contributed by atoms with Crippen LogP contribution in [0.1, 0.15) is 30.7 Å². The van der Waals surface area contributed by atoms with Crippen molar-refractivity contribution in [3.8, 4) is 0 Å². The number of nitrogens with zero attached hydrogens (tertiary/aromatic N) is 1. The highest BCUT2D eigenvalue weighted by Gasteiger charge is 2.51. The lowest BCUT2D eigenvalue weighted by Gasteiger charge is -2.44. The van der Waals surface area contributed by atoms with E-state index in [1.165, 1.54) is 5.56 Å². The number of hydrogen-bond acceptors (Lipinski definition) is 2. The molecule has 96 valence electrons. The normalized spacial score (nSPS) is 26.8. The number of piperidine rings is 1. The maximum Gasteiger partial charge on any atom is 0.223 e. The van der Waals surface area contributed by atoms with Gasteiger partial charge in [0, 0.05) is 19.4 Å². The maximum absolute atomic E-state index is 12.1. The molecular weight excluding hydrogens is 224 g/mol. The van der Waals surface area contributed by atoms with Crippen LogP contribution in [0.3, 0.4) is 0 Å². The fourth-order valence-electron chi connectivity index (χ4n) is 3.64. The van der Waals surface area contributed by atoms with Crippen LogP contribution in [0.2, 0.25) is 0 Å². The molecule has 3 rings (SSSR count). The van der Waals surface area contributed by atoms with E-state index in [9.17, 15) is 4.79 Å². The van der Waals surface area contributed by atoms with Crippen molar-refractivity contribution in [1.82, 2.24) is 10.2 Å². The van der Waals surface area contributed by atoms with Crippen LogP contribution in [-0.2, 0) is 4.79 Å². The van der Waals surface area contributed by atoms with E-state index in [0.29, 0.717) is 18.2 Å². The molecule has 2 heterocycles. The zero-order valence-electron chi connectivity index (χ0n) is 10.9. The third-order valence-corrected chi connectivity index (χ3v) is 4.74. The predicted octanol–water partition coefficient (Wildman–Crippen LogP) is 1.75. The second-order valence-electron chi connectivity index (χ2n) is 5.47. The first-order chi connectivity index (χ1) is 8.74. The smallest absolute Gasteiger partial charge is 0.223 e. The number of carbonyl (C=O) groups excluding carboxylic acids is 1. The molecule has 1 spiro atoms. The van der Waals surface area contributed by atoms with Crippen molar-refractivity contribution in [3.05, 3.63) is 35.9 Å². The van der Waals surface area contributed by atoms with E-state index in [-0.39, 0.29) is 5.54 Å². The number of amides is 1. The van der Waals surface area contributed by atoms with Gasteiger partial charge in [0.2, 0.25) is 5.91 Å². The molecule has 2 aliphatic rings. The summed E-state index contributed by atoms with van der Waals surface area (Å²) in [6, 6.07) is 10.5. The van der Waals surface area contributed by atoms with E-state index in [1.807, 2.05) is 18.0 Å². The lowest BCUT2D eigenvalue weighted by molar-refractivity contribution is -0.130. The molecule has 1 aromatic carbocycles. The van der Waals surface area contributed by atoms with Crippen molar-refractivity contribution in [2.75, 3.05) is 20.1 Å². The van der Waals surface area contributed by atoms with E-state index in [0.717, 1.165) is 25.9 Å². The summed E-state index contributed by atoms with van der Waals surface area (Å²) in [6.07, 6.45) is 2.80. The molecule has 18 heavy (non-hydrogen) atoms. The van der Waals surface area contributed by atoms with E-state index in [1.54, 1.807) is 0 Å². The molecular formula is C15H20N2O. The zero-order valence-corrected chi connectivity index (χ0v) is 10.9. The molecule has 0 aliphatic carbocycles. The topological polar surface area (TPSA) is 32.3 Å². The van der Waals surface area contributed by atoms with Crippen molar-refractivity contribution in [1.29, 1.82) is 0 Å². The van der Waals surface area contributed by atoms with Gasteiger partial charge in [-0.25, -0.2) is 0 Å². The third kappa shape index (κ3) is 1.65. The standard InChI is InChI=1S/C15H20N2O/c1-17-14(18)11-13(12-5-3-2-4-6-12)15(17)7-9-16-10-8-15/h2-6,13,16H,7-11H2,1H3/t13-/m1/s1. The molecule has 1 aromatic rings. The van der Waals surface area contributed by atoms with E-state index >= 15 is 0 Å². The molecule has 3 nitrogen and oxygen atoms in total. The monoisotopic (exact) mass is 244 g/mol. The number of nitrogens with one attached hydrogen (secondary N) is 1. The average molecular weight is 244 g/mol. The summed E-state index contributed by atoms with van der Waals surface area (Å²) in [7, 11) is 1.98. The minimum absolute atomic E-state index is 0.0453. The van der Waals surface area contributed by atoms with Gasteiger partial charge >= 0.3 is 0 Å². The Hall–Kier alpha value is -1.35. The zero-order chi connectivity index (χ0) is 12.6. The Bertz CT molecular complexity index is 437. The summed E-state index contributed by atoms with van der Waals surface area (Å²) in [6.45, 7) is 2.03. The van der Waals surface area contributed by atoms with Gasteiger partial charge < -0.3 is 10.2 Å². The van der Waals surface area contributed by atoms with Crippen molar-refractivity contribution >= 4 is 5.91 Å². The fourth-order valence-corrected chi connectivity index (χ4v) is 3.64. The van der Waals surface area contributed by atoms with Gasteiger partial charge in [0.15, 0.2) is 0 Å². The predicted molar refractivity (Wildman–Crippen MR) is 71.4 cm³/mol. The molecule has 2 fully saturated rings. The third-order valence-electron chi connectivity index (χ3n) is 4.74. The molecule has 3 heteroatoms. The van der Waals surface area contributed by atoms with Gasteiger partial charge in [0.1, 0.15) is 0 Å². The van der Waals surface area contributed by atoms with Gasteiger partial charge in [0.05, 0.1) is 5.54 Å². The first-order valence-corrected chi connectivity index (χ1v) is 6.76. The largest absolute Gasteiger partial charge is 0.339 e. The van der Waals surface area contributed by atoms with E-state index in [4.69, 9.17) is 0 Å². The Morgan fingerprint density at radius 1 is 1.22 bits per heavy atom. The number of benzene rings is 1. The molecule has 1 amide bonds. The SMILES string of the molecule is CN1C(=O)C[C@H](c2ccccc2)C12CCNCC2. The Labute approximate surface area is 108 Å². The molecule has 0 radical (unpaired) electrons. The maximum atomic E-state index is 12.1. The van der Waals surface area contributed by atoms with Crippen LogP contribution in [0.15, 0.2) is 30.3 Å². The highest BCUT2D eigenvalue weighted by molar-refractivity contribution is 5.81. The van der Waals surface area contributed by atoms with Gasteiger partial charge in [0.25, 0.3) is 0 Å². The number of likely N-dealkylation sites (N-methyl/N-ethyl adjacent to an activating group) is 1. The summed E-state index contributed by atoms with van der Waals surface area (Å²) < 4.78 is 0. The Kier molecular flexibility index (Phi) is 2.86. The second kappa shape index (κ2) is 4.39. The van der Waals surface area contributed by atoms with Crippen molar-refractivity contribution in [2.45, 2.75) is 30.7 Å². The van der Waals surface area contributed by atoms with Crippen LogP contribution >= 0.6 is 0 Å². The Morgan fingerprint density at radius 3 is 2.56 bits per heavy atom. The van der Waals surface area contributed by atoms with Crippen LogP contribution in [-0.4, -0.2) is 36.5 Å². The molecule has 0 unspecified atom stereocenters. The summed E-state index contributed by atoms with van der Waals surface area (Å²) in [5, 5.41) is 3.41. The molecule has 1 N–H and O–H groups in total. The summed E-state index contributed by atoms with van der Waals surface area (Å²) in [5.74, 6) is 0.657. The lowest BCUT2D eigenvalue weighted by atomic mass is 9.74. The Morgan fingerprint density at radius 2 is 1.89 bits per heavy atom. The Balaban J connectivity index is 1.99. The van der Waals surface area contributed by atoms with Crippen LogP contribution in [0.5, 0.6) is 0 Å². The number of likely N-dealkylation sites (tertiary alicyclic amines) is 1. The van der Waals surface area contributed by atoms with Gasteiger partial charge in [-0.3, -0.25) is 4.79 Å². The summed E-state index contributed by atoms with van der Waals surface area (Å²) >= 11 is 0. The number of hydrogen-bond donors (Lipinski definition) is 1. The minimum atomic E-state index is 0.0453. The quantitative estimate of drug-likeness (QED) is 0.816. The average Bonchev–Trinajstić information content (AvgIpc) is 2.66.